The topological polar surface area (TPSA) is 118 Å². The molecule has 0 aromatic carbocycles. The van der Waals surface area contributed by atoms with Crippen LogP contribution >= 0.6 is 0 Å². The van der Waals surface area contributed by atoms with E-state index in [1.54, 1.807) is 61.1 Å². The molecule has 0 bridgehead atoms. The molecule has 0 aliphatic heterocycles. The minimum absolute atomic E-state index is 0.248. The van der Waals surface area contributed by atoms with E-state index in [2.05, 4.69) is 0 Å². The van der Waals surface area contributed by atoms with Crippen LogP contribution in [0.15, 0.2) is 12.2 Å². The van der Waals surface area contributed by atoms with Gasteiger partial charge in [-0.3, -0.25) is 0 Å². The van der Waals surface area contributed by atoms with E-state index in [1.807, 2.05) is 67.5 Å². The van der Waals surface area contributed by atoms with Gasteiger partial charge in [0.15, 0.2) is 0 Å². The molecule has 0 fully saturated rings. The molecule has 0 saturated carbocycles. The fourth-order valence-corrected chi connectivity index (χ4v) is 3.89. The summed E-state index contributed by atoms with van der Waals surface area (Å²) in [5, 5.41) is 0. The first kappa shape index (κ1) is 42.8. The van der Waals surface area contributed by atoms with Gasteiger partial charge in [-0.1, -0.05) is 12.2 Å². The Bertz CT molecular complexity index is 909. The fraction of sp³-hybridized carbons (Fsp3) is 0.824. The van der Waals surface area contributed by atoms with Crippen LogP contribution in [0, 0.1) is 0 Å². The van der Waals surface area contributed by atoms with E-state index in [1.165, 1.54) is 0 Å². The molecule has 4 amide bonds. The van der Waals surface area contributed by atoms with Gasteiger partial charge in [-0.15, -0.1) is 0 Å². The second-order valence-electron chi connectivity index (χ2n) is 15.2. The van der Waals surface area contributed by atoms with Crippen molar-refractivity contribution in [2.45, 2.75) is 132 Å². The Morgan fingerprint density at radius 1 is 0.435 bits per heavy atom. The van der Waals surface area contributed by atoms with E-state index in [4.69, 9.17) is 18.9 Å². The van der Waals surface area contributed by atoms with Gasteiger partial charge in [0.25, 0.3) is 0 Å². The fourth-order valence-electron chi connectivity index (χ4n) is 3.89. The monoisotopic (exact) mass is 656 g/mol. The van der Waals surface area contributed by atoms with E-state index >= 15 is 0 Å². The maximum atomic E-state index is 13.0. The largest absolute Gasteiger partial charge is 0.444 e. The van der Waals surface area contributed by atoms with Gasteiger partial charge in [0.2, 0.25) is 0 Å². The van der Waals surface area contributed by atoms with Crippen LogP contribution in [0.3, 0.4) is 0 Å². The lowest BCUT2D eigenvalue weighted by Crippen LogP contribution is -2.41. The molecule has 0 saturated heterocycles. The van der Waals surface area contributed by atoms with Gasteiger partial charge in [0, 0.05) is 52.4 Å². The highest BCUT2D eigenvalue weighted by atomic mass is 16.6. The Morgan fingerprint density at radius 2 is 0.652 bits per heavy atom. The van der Waals surface area contributed by atoms with E-state index in [9.17, 15) is 19.2 Å². The minimum Gasteiger partial charge on any atom is -0.444 e. The molecule has 0 aliphatic carbocycles. The first-order chi connectivity index (χ1) is 20.9. The van der Waals surface area contributed by atoms with Gasteiger partial charge in [0.1, 0.15) is 22.4 Å². The number of amides is 4. The molecular formula is C34H64N4O8. The molecule has 0 N–H and O–H groups in total. The molecule has 12 heteroatoms. The second kappa shape index (κ2) is 18.8. The standard InChI is InChI=1S/C34H64N4O8/c1-15-35(27(39)43-31(3,4)5)23-19-25-37(29(41)45-33(9,10)11)21-17-18-22-38(30(42)46-34(12,13)14)26-20-24-36(16-2)28(40)44-32(6,7)8/h17-18H,15-16,19-26H2,1-14H3/b18-17+. The van der Waals surface area contributed by atoms with Crippen molar-refractivity contribution in [3.05, 3.63) is 12.2 Å². The van der Waals surface area contributed by atoms with Crippen molar-refractivity contribution >= 4 is 24.4 Å². The quantitative estimate of drug-likeness (QED) is 0.141. The van der Waals surface area contributed by atoms with Crippen molar-refractivity contribution in [2.75, 3.05) is 52.4 Å². The molecular weight excluding hydrogens is 592 g/mol. The number of hydrogen-bond acceptors (Lipinski definition) is 8. The molecule has 0 heterocycles. The van der Waals surface area contributed by atoms with Crippen molar-refractivity contribution in [1.82, 2.24) is 19.6 Å². The number of carbonyl (C=O) groups excluding carboxylic acids is 4. The molecule has 0 aliphatic rings. The molecule has 0 aromatic rings. The number of carbonyl (C=O) groups is 4. The van der Waals surface area contributed by atoms with Gasteiger partial charge >= 0.3 is 24.4 Å². The SMILES string of the molecule is CCN(CCCN(C/C=C/CN(CCCN(CC)C(=O)OC(C)(C)C)C(=O)OC(C)(C)C)C(=O)OC(C)(C)C)C(=O)OC(C)(C)C. The molecule has 12 nitrogen and oxygen atoms in total. The molecule has 0 rings (SSSR count). The average molecular weight is 657 g/mol. The highest BCUT2D eigenvalue weighted by Crippen LogP contribution is 2.14. The van der Waals surface area contributed by atoms with Crippen LogP contribution < -0.4 is 0 Å². The third-order valence-electron chi connectivity index (χ3n) is 5.90. The van der Waals surface area contributed by atoms with Gasteiger partial charge in [-0.05, 0) is 110 Å². The second-order valence-corrected chi connectivity index (χ2v) is 15.2. The number of nitrogens with zero attached hydrogens (tertiary/aromatic N) is 4. The summed E-state index contributed by atoms with van der Waals surface area (Å²) >= 11 is 0. The highest BCUT2D eigenvalue weighted by molar-refractivity contribution is 5.70. The Morgan fingerprint density at radius 3 is 0.870 bits per heavy atom. The van der Waals surface area contributed by atoms with Crippen molar-refractivity contribution in [1.29, 1.82) is 0 Å². The predicted molar refractivity (Wildman–Crippen MR) is 181 cm³/mol. The number of hydrogen-bond donors (Lipinski definition) is 0. The molecule has 0 aromatic heterocycles. The van der Waals surface area contributed by atoms with E-state index < -0.39 is 46.8 Å². The Kier molecular flexibility index (Phi) is 17.5. The van der Waals surface area contributed by atoms with Crippen LogP contribution in [0.1, 0.15) is 110 Å². The smallest absolute Gasteiger partial charge is 0.410 e. The Labute approximate surface area is 278 Å². The Balaban J connectivity index is 5.54. The zero-order valence-corrected chi connectivity index (χ0v) is 31.3. The van der Waals surface area contributed by atoms with Crippen LogP contribution in [-0.4, -0.2) is 119 Å². The van der Waals surface area contributed by atoms with Crippen LogP contribution in [0.25, 0.3) is 0 Å². The van der Waals surface area contributed by atoms with Crippen molar-refractivity contribution in [3.8, 4) is 0 Å². The normalized spacial score (nSPS) is 12.4. The number of ether oxygens (including phenoxy) is 4. The zero-order chi connectivity index (χ0) is 35.9. The third kappa shape index (κ3) is 20.8. The average Bonchev–Trinajstić information content (AvgIpc) is 2.84. The maximum absolute atomic E-state index is 13.0. The molecule has 0 radical (unpaired) electrons. The zero-order valence-electron chi connectivity index (χ0n) is 31.3. The molecule has 268 valence electrons. The van der Waals surface area contributed by atoms with Gasteiger partial charge in [0.05, 0.1) is 0 Å². The summed E-state index contributed by atoms with van der Waals surface area (Å²) in [5.74, 6) is 0. The van der Waals surface area contributed by atoms with Gasteiger partial charge in [-0.2, -0.15) is 0 Å². The summed E-state index contributed by atoms with van der Waals surface area (Å²) in [5.41, 5.74) is -2.55. The summed E-state index contributed by atoms with van der Waals surface area (Å²) in [6.45, 7) is 28.5. The summed E-state index contributed by atoms with van der Waals surface area (Å²) < 4.78 is 22.2. The third-order valence-corrected chi connectivity index (χ3v) is 5.90. The number of rotatable bonds is 14. The minimum atomic E-state index is -0.676. The lowest BCUT2D eigenvalue weighted by atomic mass is 10.2. The summed E-state index contributed by atoms with van der Waals surface area (Å²) in [4.78, 5) is 57.5. The van der Waals surface area contributed by atoms with Gasteiger partial charge in [-0.25, -0.2) is 19.2 Å². The molecule has 0 spiro atoms. The maximum Gasteiger partial charge on any atom is 0.410 e. The van der Waals surface area contributed by atoms with Crippen LogP contribution in [0.5, 0.6) is 0 Å². The summed E-state index contributed by atoms with van der Waals surface area (Å²) in [6, 6.07) is 0. The van der Waals surface area contributed by atoms with Crippen molar-refractivity contribution < 1.29 is 38.1 Å². The summed E-state index contributed by atoms with van der Waals surface area (Å²) in [6.07, 6.45) is 2.94. The predicted octanol–water partition coefficient (Wildman–Crippen LogP) is 7.31. The molecule has 0 unspecified atom stereocenters. The van der Waals surface area contributed by atoms with E-state index in [-0.39, 0.29) is 13.1 Å². The van der Waals surface area contributed by atoms with Crippen molar-refractivity contribution in [3.63, 3.8) is 0 Å². The summed E-state index contributed by atoms with van der Waals surface area (Å²) in [7, 11) is 0. The van der Waals surface area contributed by atoms with Crippen molar-refractivity contribution in [2.24, 2.45) is 0 Å². The highest BCUT2D eigenvalue weighted by Gasteiger charge is 2.25. The molecule has 0 atom stereocenters. The first-order valence-corrected chi connectivity index (χ1v) is 16.4. The van der Waals surface area contributed by atoms with E-state index in [0.29, 0.717) is 52.1 Å². The van der Waals surface area contributed by atoms with E-state index in [0.717, 1.165) is 0 Å². The van der Waals surface area contributed by atoms with Crippen LogP contribution in [-0.2, 0) is 18.9 Å². The van der Waals surface area contributed by atoms with Crippen LogP contribution in [0.2, 0.25) is 0 Å². The lowest BCUT2D eigenvalue weighted by molar-refractivity contribution is 0.0199. The van der Waals surface area contributed by atoms with Crippen LogP contribution in [0.4, 0.5) is 19.2 Å². The first-order valence-electron chi connectivity index (χ1n) is 16.4. The lowest BCUT2D eigenvalue weighted by Gasteiger charge is -2.29. The molecule has 46 heavy (non-hydrogen) atoms. The van der Waals surface area contributed by atoms with Gasteiger partial charge < -0.3 is 38.5 Å². The Hall–Kier alpha value is -3.18.